The van der Waals surface area contributed by atoms with Crippen LogP contribution in [0.2, 0.25) is 0 Å². The number of nitrogens with zero attached hydrogens (tertiary/aromatic N) is 4. The van der Waals surface area contributed by atoms with Gasteiger partial charge in [0, 0.05) is 12.6 Å². The third kappa shape index (κ3) is 2.92. The first kappa shape index (κ1) is 13.7. The zero-order valence-corrected chi connectivity index (χ0v) is 12.3. The summed E-state index contributed by atoms with van der Waals surface area (Å²) >= 11 is 1.54. The van der Waals surface area contributed by atoms with Crippen LogP contribution in [-0.2, 0) is 12.3 Å². The van der Waals surface area contributed by atoms with Gasteiger partial charge in [-0.05, 0) is 19.1 Å². The molecule has 0 N–H and O–H groups in total. The summed E-state index contributed by atoms with van der Waals surface area (Å²) in [5, 5.41) is 13.1. The summed E-state index contributed by atoms with van der Waals surface area (Å²) in [7, 11) is 0. The third-order valence-electron chi connectivity index (χ3n) is 2.79. The Kier molecular flexibility index (Phi) is 3.92. The molecule has 108 valence electrons. The van der Waals surface area contributed by atoms with Gasteiger partial charge in [-0.1, -0.05) is 23.0 Å². The molecule has 3 aromatic heterocycles. The van der Waals surface area contributed by atoms with Gasteiger partial charge in [-0.15, -0.1) is 16.8 Å². The molecular weight excluding hydrogens is 288 g/mol. The van der Waals surface area contributed by atoms with Crippen molar-refractivity contribution in [3.63, 3.8) is 0 Å². The standard InChI is InChI=1S/C14H14N4O2S/c1-3-6-18-13(12-5-4-7-19-12)15-16-14(18)21-9-11-8-10(2)17-20-11/h3-5,7-8H,1,6,9H2,2H3. The Balaban J connectivity index is 1.83. The SMILES string of the molecule is C=CCn1c(SCc2cc(C)no2)nnc1-c1ccco1. The van der Waals surface area contributed by atoms with Gasteiger partial charge in [0.05, 0.1) is 17.7 Å². The molecule has 3 rings (SSSR count). The Morgan fingerprint density at radius 1 is 1.43 bits per heavy atom. The van der Waals surface area contributed by atoms with Crippen molar-refractivity contribution in [1.29, 1.82) is 0 Å². The Labute approximate surface area is 125 Å². The van der Waals surface area contributed by atoms with Gasteiger partial charge in [-0.25, -0.2) is 0 Å². The number of aryl methyl sites for hydroxylation is 1. The van der Waals surface area contributed by atoms with E-state index in [9.17, 15) is 0 Å². The van der Waals surface area contributed by atoms with Crippen LogP contribution in [0, 0.1) is 6.92 Å². The van der Waals surface area contributed by atoms with Gasteiger partial charge in [0.15, 0.2) is 10.9 Å². The molecule has 0 saturated heterocycles. The number of aromatic nitrogens is 4. The number of furan rings is 1. The quantitative estimate of drug-likeness (QED) is 0.514. The van der Waals surface area contributed by atoms with E-state index < -0.39 is 0 Å². The zero-order chi connectivity index (χ0) is 14.7. The van der Waals surface area contributed by atoms with Gasteiger partial charge < -0.3 is 8.94 Å². The van der Waals surface area contributed by atoms with Gasteiger partial charge in [0.1, 0.15) is 5.76 Å². The highest BCUT2D eigenvalue weighted by atomic mass is 32.2. The smallest absolute Gasteiger partial charge is 0.200 e. The van der Waals surface area contributed by atoms with Gasteiger partial charge in [0.25, 0.3) is 0 Å². The van der Waals surface area contributed by atoms with E-state index >= 15 is 0 Å². The van der Waals surface area contributed by atoms with E-state index in [0.29, 0.717) is 23.9 Å². The van der Waals surface area contributed by atoms with Crippen molar-refractivity contribution in [2.45, 2.75) is 24.4 Å². The Bertz CT molecular complexity index is 730. The van der Waals surface area contributed by atoms with Crippen LogP contribution in [0.15, 0.2) is 51.2 Å². The highest BCUT2D eigenvalue weighted by molar-refractivity contribution is 7.98. The third-order valence-corrected chi connectivity index (χ3v) is 3.78. The fourth-order valence-electron chi connectivity index (χ4n) is 1.90. The minimum absolute atomic E-state index is 0.612. The second-order valence-electron chi connectivity index (χ2n) is 4.41. The monoisotopic (exact) mass is 302 g/mol. The molecule has 0 amide bonds. The van der Waals surface area contributed by atoms with E-state index in [0.717, 1.165) is 16.6 Å². The molecule has 7 heteroatoms. The zero-order valence-electron chi connectivity index (χ0n) is 11.5. The van der Waals surface area contributed by atoms with Crippen LogP contribution in [0.4, 0.5) is 0 Å². The summed E-state index contributed by atoms with van der Waals surface area (Å²) in [6.07, 6.45) is 3.42. The number of thioether (sulfide) groups is 1. The predicted octanol–water partition coefficient (Wildman–Crippen LogP) is 3.31. The van der Waals surface area contributed by atoms with Crippen molar-refractivity contribution in [2.75, 3.05) is 0 Å². The van der Waals surface area contributed by atoms with E-state index in [4.69, 9.17) is 8.94 Å². The van der Waals surface area contributed by atoms with E-state index in [1.807, 2.05) is 29.7 Å². The van der Waals surface area contributed by atoms with Crippen molar-refractivity contribution in [3.8, 4) is 11.6 Å². The Hall–Kier alpha value is -2.28. The average molecular weight is 302 g/mol. The van der Waals surface area contributed by atoms with Crippen LogP contribution in [0.25, 0.3) is 11.6 Å². The summed E-state index contributed by atoms with van der Waals surface area (Å²) in [6.45, 7) is 6.28. The number of hydrogen-bond donors (Lipinski definition) is 0. The number of rotatable bonds is 6. The lowest BCUT2D eigenvalue weighted by Gasteiger charge is -2.05. The molecule has 3 aromatic rings. The maximum absolute atomic E-state index is 5.39. The summed E-state index contributed by atoms with van der Waals surface area (Å²) in [5.41, 5.74) is 0.870. The van der Waals surface area contributed by atoms with E-state index in [1.165, 1.54) is 11.8 Å². The molecule has 3 heterocycles. The van der Waals surface area contributed by atoms with Crippen LogP contribution in [-0.4, -0.2) is 19.9 Å². The van der Waals surface area contributed by atoms with Crippen LogP contribution >= 0.6 is 11.8 Å². The topological polar surface area (TPSA) is 69.9 Å². The molecule has 0 aliphatic heterocycles. The van der Waals surface area contributed by atoms with E-state index in [-0.39, 0.29) is 0 Å². The van der Waals surface area contributed by atoms with E-state index in [1.54, 1.807) is 12.3 Å². The van der Waals surface area contributed by atoms with Crippen LogP contribution in [0.3, 0.4) is 0 Å². The molecule has 0 fully saturated rings. The maximum atomic E-state index is 5.39. The highest BCUT2D eigenvalue weighted by Crippen LogP contribution is 2.26. The van der Waals surface area contributed by atoms with Gasteiger partial charge in [0.2, 0.25) is 5.82 Å². The molecule has 0 aromatic carbocycles. The normalized spacial score (nSPS) is 10.9. The van der Waals surface area contributed by atoms with Crippen molar-refractivity contribution in [1.82, 2.24) is 19.9 Å². The fourth-order valence-corrected chi connectivity index (χ4v) is 2.72. The molecule has 0 spiro atoms. The van der Waals surface area contributed by atoms with Crippen LogP contribution in [0.1, 0.15) is 11.5 Å². The first-order chi connectivity index (χ1) is 10.3. The Morgan fingerprint density at radius 2 is 2.33 bits per heavy atom. The molecule has 0 unspecified atom stereocenters. The fraction of sp³-hybridized carbons (Fsp3) is 0.214. The molecule has 0 atom stereocenters. The first-order valence-electron chi connectivity index (χ1n) is 6.41. The molecule has 0 aliphatic carbocycles. The first-order valence-corrected chi connectivity index (χ1v) is 7.39. The minimum Gasteiger partial charge on any atom is -0.461 e. The van der Waals surface area contributed by atoms with Crippen molar-refractivity contribution in [2.24, 2.45) is 0 Å². The molecule has 6 nitrogen and oxygen atoms in total. The molecule has 0 saturated carbocycles. The molecule has 0 bridgehead atoms. The Morgan fingerprint density at radius 3 is 3.00 bits per heavy atom. The van der Waals surface area contributed by atoms with Crippen molar-refractivity contribution >= 4 is 11.8 Å². The molecule has 21 heavy (non-hydrogen) atoms. The average Bonchev–Trinajstić information content (AvgIpc) is 3.18. The lowest BCUT2D eigenvalue weighted by Crippen LogP contribution is -2.00. The minimum atomic E-state index is 0.612. The molecule has 0 aliphatic rings. The number of hydrogen-bond acceptors (Lipinski definition) is 6. The highest BCUT2D eigenvalue weighted by Gasteiger charge is 2.16. The van der Waals surface area contributed by atoms with E-state index in [2.05, 4.69) is 21.9 Å². The van der Waals surface area contributed by atoms with Crippen LogP contribution < -0.4 is 0 Å². The molecular formula is C14H14N4O2S. The van der Waals surface area contributed by atoms with Crippen molar-refractivity contribution in [3.05, 3.63) is 48.6 Å². The lowest BCUT2D eigenvalue weighted by molar-refractivity contribution is 0.391. The second kappa shape index (κ2) is 6.01. The van der Waals surface area contributed by atoms with Gasteiger partial charge in [-0.3, -0.25) is 4.57 Å². The predicted molar refractivity (Wildman–Crippen MR) is 78.7 cm³/mol. The molecule has 0 radical (unpaired) electrons. The second-order valence-corrected chi connectivity index (χ2v) is 5.35. The van der Waals surface area contributed by atoms with Crippen LogP contribution in [0.5, 0.6) is 0 Å². The summed E-state index contributed by atoms with van der Waals surface area (Å²) < 4.78 is 12.5. The largest absolute Gasteiger partial charge is 0.461 e. The van der Waals surface area contributed by atoms with Crippen molar-refractivity contribution < 1.29 is 8.94 Å². The van der Waals surface area contributed by atoms with Gasteiger partial charge in [-0.2, -0.15) is 0 Å². The summed E-state index contributed by atoms with van der Waals surface area (Å²) in [5.74, 6) is 2.84. The summed E-state index contributed by atoms with van der Waals surface area (Å²) in [6, 6.07) is 5.60. The van der Waals surface area contributed by atoms with Gasteiger partial charge >= 0.3 is 0 Å². The maximum Gasteiger partial charge on any atom is 0.200 e. The number of allylic oxidation sites excluding steroid dienone is 1. The summed E-state index contributed by atoms with van der Waals surface area (Å²) in [4.78, 5) is 0. The lowest BCUT2D eigenvalue weighted by atomic mass is 10.4.